The van der Waals surface area contributed by atoms with Crippen molar-refractivity contribution in [3.63, 3.8) is 0 Å². The molecule has 0 saturated heterocycles. The van der Waals surface area contributed by atoms with Crippen LogP contribution in [0.5, 0.6) is 11.5 Å². The first kappa shape index (κ1) is 20.6. The Bertz CT molecular complexity index is 599. The summed E-state index contributed by atoms with van der Waals surface area (Å²) in [6.07, 6.45) is 0. The third-order valence-corrected chi connectivity index (χ3v) is 2.63. The first-order valence-electron chi connectivity index (χ1n) is 6.22. The average Bonchev–Trinajstić information content (AvgIpc) is 2.55. The van der Waals surface area contributed by atoms with Crippen LogP contribution >= 0.6 is 0 Å². The number of carbonyl (C=O) groups is 2. The monoisotopic (exact) mass is 368 g/mol. The molecule has 23 heavy (non-hydrogen) atoms. The second-order valence-electron chi connectivity index (χ2n) is 4.07. The van der Waals surface area contributed by atoms with Crippen molar-refractivity contribution in [3.8, 4) is 11.5 Å². The van der Waals surface area contributed by atoms with Crippen LogP contribution in [-0.4, -0.2) is 36.4 Å². The molecule has 2 aromatic carbocycles. The van der Waals surface area contributed by atoms with Gasteiger partial charge >= 0.3 is 11.9 Å². The second kappa shape index (κ2) is 10.3. The Morgan fingerprint density at radius 1 is 0.783 bits per heavy atom. The second-order valence-corrected chi connectivity index (χ2v) is 4.07. The van der Waals surface area contributed by atoms with Gasteiger partial charge in [0.25, 0.3) is 0 Å². The largest absolute Gasteiger partial charge is 0.497 e. The summed E-state index contributed by atoms with van der Waals surface area (Å²) in [6.45, 7) is 0. The number of carboxylic acid groups (broad SMARTS) is 2. The Hall–Kier alpha value is -2.40. The summed E-state index contributed by atoms with van der Waals surface area (Å²) in [5.41, 5.74) is 0.480. The quantitative estimate of drug-likeness (QED) is 0.805. The third kappa shape index (κ3) is 6.93. The summed E-state index contributed by atoms with van der Waals surface area (Å²) in [6, 6.07) is 12.7. The Balaban J connectivity index is 0.000000403. The number of hydrogen-bond acceptors (Lipinski definition) is 4. The molecule has 2 aromatic rings. The molecular weight excluding hydrogens is 354 g/mol. The zero-order valence-corrected chi connectivity index (χ0v) is 15.8. The molecule has 2 N–H and O–H groups in total. The SMILES string of the molecule is COc1cccc(C(=O)O)c1.COc1cccc(C(=O)O)c1.[Zn]. The fourth-order valence-corrected chi connectivity index (χ4v) is 1.51. The van der Waals surface area contributed by atoms with Gasteiger partial charge in [-0.15, -0.1) is 0 Å². The average molecular weight is 370 g/mol. The van der Waals surface area contributed by atoms with E-state index in [4.69, 9.17) is 19.7 Å². The molecule has 0 aliphatic heterocycles. The molecule has 0 radical (unpaired) electrons. The first-order chi connectivity index (χ1) is 10.5. The zero-order valence-electron chi connectivity index (χ0n) is 12.9. The van der Waals surface area contributed by atoms with Gasteiger partial charge in [-0.3, -0.25) is 0 Å². The number of rotatable bonds is 4. The molecule has 0 amide bonds. The summed E-state index contributed by atoms with van der Waals surface area (Å²) in [4.78, 5) is 20.8. The molecule has 0 aliphatic rings. The molecule has 0 saturated carbocycles. The minimum atomic E-state index is -0.941. The summed E-state index contributed by atoms with van der Waals surface area (Å²) in [5.74, 6) is -0.761. The van der Waals surface area contributed by atoms with E-state index in [2.05, 4.69) is 0 Å². The van der Waals surface area contributed by atoms with Gasteiger partial charge in [-0.25, -0.2) is 9.59 Å². The Kier molecular flexibility index (Phi) is 9.27. The van der Waals surface area contributed by atoms with Crippen LogP contribution in [0.4, 0.5) is 0 Å². The van der Waals surface area contributed by atoms with Crippen molar-refractivity contribution in [2.24, 2.45) is 0 Å². The molecule has 0 spiro atoms. The predicted octanol–water partition coefficient (Wildman–Crippen LogP) is 2.78. The van der Waals surface area contributed by atoms with E-state index in [1.54, 1.807) is 24.3 Å². The van der Waals surface area contributed by atoms with Crippen molar-refractivity contribution in [3.05, 3.63) is 59.7 Å². The van der Waals surface area contributed by atoms with Gasteiger partial charge in [0.2, 0.25) is 0 Å². The number of methoxy groups -OCH3 is 2. The van der Waals surface area contributed by atoms with Crippen LogP contribution in [0.3, 0.4) is 0 Å². The maximum absolute atomic E-state index is 10.4. The van der Waals surface area contributed by atoms with Crippen molar-refractivity contribution in [1.82, 2.24) is 0 Å². The topological polar surface area (TPSA) is 93.1 Å². The van der Waals surface area contributed by atoms with E-state index < -0.39 is 11.9 Å². The van der Waals surface area contributed by atoms with Crippen LogP contribution in [0.15, 0.2) is 48.5 Å². The molecule has 0 heterocycles. The molecule has 0 aromatic heterocycles. The van der Waals surface area contributed by atoms with Crippen LogP contribution in [-0.2, 0) is 19.5 Å². The molecule has 118 valence electrons. The molecule has 6 nitrogen and oxygen atoms in total. The maximum Gasteiger partial charge on any atom is 0.335 e. The van der Waals surface area contributed by atoms with Gasteiger partial charge in [-0.1, -0.05) is 12.1 Å². The molecular formula is C16H16O6Zn. The molecule has 0 bridgehead atoms. The number of hydrogen-bond donors (Lipinski definition) is 2. The van der Waals surface area contributed by atoms with Gasteiger partial charge in [0.1, 0.15) is 11.5 Å². The van der Waals surface area contributed by atoms with Crippen molar-refractivity contribution in [2.45, 2.75) is 0 Å². The Morgan fingerprint density at radius 2 is 1.13 bits per heavy atom. The van der Waals surface area contributed by atoms with Crippen LogP contribution < -0.4 is 9.47 Å². The van der Waals surface area contributed by atoms with Crippen molar-refractivity contribution in [2.75, 3.05) is 14.2 Å². The Morgan fingerprint density at radius 3 is 1.39 bits per heavy atom. The van der Waals surface area contributed by atoms with Crippen molar-refractivity contribution >= 4 is 11.9 Å². The maximum atomic E-state index is 10.4. The Labute approximate surface area is 146 Å². The van der Waals surface area contributed by atoms with Gasteiger partial charge in [-0.05, 0) is 36.4 Å². The van der Waals surface area contributed by atoms with E-state index in [1.807, 2.05) is 0 Å². The number of ether oxygens (including phenoxy) is 2. The van der Waals surface area contributed by atoms with Gasteiger partial charge in [-0.2, -0.15) is 0 Å². The molecule has 2 rings (SSSR count). The van der Waals surface area contributed by atoms with Crippen LogP contribution in [0.1, 0.15) is 20.7 Å². The predicted molar refractivity (Wildman–Crippen MR) is 79.9 cm³/mol. The van der Waals surface area contributed by atoms with E-state index in [1.165, 1.54) is 38.5 Å². The van der Waals surface area contributed by atoms with Gasteiger partial charge in [0.05, 0.1) is 25.3 Å². The van der Waals surface area contributed by atoms with E-state index in [0.717, 1.165) is 0 Å². The molecule has 0 aliphatic carbocycles. The van der Waals surface area contributed by atoms with Crippen LogP contribution in [0, 0.1) is 0 Å². The minimum Gasteiger partial charge on any atom is -0.497 e. The summed E-state index contributed by atoms with van der Waals surface area (Å²) in [5, 5.41) is 17.1. The first-order valence-corrected chi connectivity index (χ1v) is 6.22. The van der Waals surface area contributed by atoms with Crippen molar-refractivity contribution in [1.29, 1.82) is 0 Å². The van der Waals surface area contributed by atoms with E-state index in [-0.39, 0.29) is 30.6 Å². The molecule has 0 atom stereocenters. The summed E-state index contributed by atoms with van der Waals surface area (Å²) >= 11 is 0. The molecule has 0 fully saturated rings. The van der Waals surface area contributed by atoms with Gasteiger partial charge in [0, 0.05) is 19.5 Å². The normalized spacial score (nSPS) is 8.78. The molecule has 0 unspecified atom stereocenters. The van der Waals surface area contributed by atoms with E-state index in [9.17, 15) is 9.59 Å². The third-order valence-electron chi connectivity index (χ3n) is 2.63. The fraction of sp³-hybridized carbons (Fsp3) is 0.125. The summed E-state index contributed by atoms with van der Waals surface area (Å²) in [7, 11) is 3.00. The van der Waals surface area contributed by atoms with E-state index >= 15 is 0 Å². The van der Waals surface area contributed by atoms with Gasteiger partial charge < -0.3 is 19.7 Å². The summed E-state index contributed by atoms with van der Waals surface area (Å²) < 4.78 is 9.68. The van der Waals surface area contributed by atoms with Gasteiger partial charge in [0.15, 0.2) is 0 Å². The standard InChI is InChI=1S/2C8H8O3.Zn/c2*1-11-7-4-2-3-6(5-7)8(9)10;/h2*2-5H,1H3,(H,9,10);. The fourth-order valence-electron chi connectivity index (χ4n) is 1.51. The van der Waals surface area contributed by atoms with E-state index in [0.29, 0.717) is 11.5 Å². The van der Waals surface area contributed by atoms with Crippen LogP contribution in [0.25, 0.3) is 0 Å². The van der Waals surface area contributed by atoms with Crippen molar-refractivity contribution < 1.29 is 48.8 Å². The number of benzene rings is 2. The number of aromatic carboxylic acids is 2. The number of carboxylic acids is 2. The zero-order chi connectivity index (χ0) is 16.5. The smallest absolute Gasteiger partial charge is 0.335 e. The molecule has 7 heteroatoms. The minimum absolute atomic E-state index is 0. The van der Waals surface area contributed by atoms with Crippen LogP contribution in [0.2, 0.25) is 0 Å².